The molecule has 0 bridgehead atoms. The van der Waals surface area contributed by atoms with Crippen LogP contribution in [0.5, 0.6) is 0 Å². The van der Waals surface area contributed by atoms with Gasteiger partial charge in [0.05, 0.1) is 11.1 Å². The van der Waals surface area contributed by atoms with E-state index in [2.05, 4.69) is 0 Å². The molecule has 3 aromatic carbocycles. The van der Waals surface area contributed by atoms with Gasteiger partial charge in [0, 0.05) is 28.4 Å². The number of halogens is 3. The molecule has 142 valence electrons. The molecule has 0 unspecified atom stereocenters. The lowest BCUT2D eigenvalue weighted by Crippen LogP contribution is -2.11. The van der Waals surface area contributed by atoms with Crippen LogP contribution in [-0.4, -0.2) is 10.5 Å². The zero-order valence-electron chi connectivity index (χ0n) is 15.0. The maximum atomic E-state index is 12.8. The number of carbonyl (C=O) groups is 1. The number of rotatable bonds is 3. The van der Waals surface area contributed by atoms with Gasteiger partial charge in [-0.05, 0) is 48.4 Å². The van der Waals surface area contributed by atoms with Crippen LogP contribution in [0.1, 0.15) is 27.0 Å². The van der Waals surface area contributed by atoms with Crippen molar-refractivity contribution in [3.63, 3.8) is 0 Å². The monoisotopic (exact) mass is 382 g/mol. The number of hydrogen-bond donors (Lipinski definition) is 1. The maximum Gasteiger partial charge on any atom is 0.416 e. The Balaban J connectivity index is 1.91. The van der Waals surface area contributed by atoms with E-state index in [1.807, 2.05) is 35.8 Å². The number of fused-ring (bicyclic) bond motifs is 3. The van der Waals surface area contributed by atoms with Crippen molar-refractivity contribution in [1.82, 2.24) is 4.57 Å². The minimum Gasteiger partial charge on any atom is -0.366 e. The molecule has 0 aliphatic carbocycles. The van der Waals surface area contributed by atoms with Crippen molar-refractivity contribution < 1.29 is 18.0 Å². The normalized spacial score (nSPS) is 12.0. The minimum absolute atomic E-state index is 0.379. The number of benzene rings is 3. The van der Waals surface area contributed by atoms with E-state index in [4.69, 9.17) is 5.73 Å². The van der Waals surface area contributed by atoms with E-state index >= 15 is 0 Å². The SMILES string of the molecule is Cc1ccc2c3c(C(N)=O)cccc3n(Cc3ccc(C(F)(F)F)cc3)c2c1. The second-order valence-corrected chi connectivity index (χ2v) is 6.87. The lowest BCUT2D eigenvalue weighted by Gasteiger charge is -2.11. The molecule has 0 saturated heterocycles. The zero-order chi connectivity index (χ0) is 20.1. The molecule has 0 saturated carbocycles. The number of primary amides is 1. The quantitative estimate of drug-likeness (QED) is 0.516. The van der Waals surface area contributed by atoms with E-state index in [9.17, 15) is 18.0 Å². The fraction of sp³-hybridized carbons (Fsp3) is 0.136. The maximum absolute atomic E-state index is 12.8. The smallest absolute Gasteiger partial charge is 0.366 e. The van der Waals surface area contributed by atoms with Gasteiger partial charge in [-0.2, -0.15) is 13.2 Å². The first kappa shape index (κ1) is 18.1. The van der Waals surface area contributed by atoms with E-state index in [0.29, 0.717) is 12.1 Å². The summed E-state index contributed by atoms with van der Waals surface area (Å²) in [7, 11) is 0. The molecule has 0 atom stereocenters. The summed E-state index contributed by atoms with van der Waals surface area (Å²) in [6.45, 7) is 2.35. The highest BCUT2D eigenvalue weighted by atomic mass is 19.4. The van der Waals surface area contributed by atoms with Gasteiger partial charge in [-0.25, -0.2) is 0 Å². The highest BCUT2D eigenvalue weighted by Crippen LogP contribution is 2.33. The lowest BCUT2D eigenvalue weighted by atomic mass is 10.1. The molecule has 6 heteroatoms. The number of nitrogens with zero attached hydrogens (tertiary/aromatic N) is 1. The first-order valence-corrected chi connectivity index (χ1v) is 8.73. The van der Waals surface area contributed by atoms with Gasteiger partial charge >= 0.3 is 6.18 Å². The van der Waals surface area contributed by atoms with E-state index in [1.165, 1.54) is 12.1 Å². The number of alkyl halides is 3. The molecule has 3 nitrogen and oxygen atoms in total. The van der Waals surface area contributed by atoms with Crippen molar-refractivity contribution in [3.05, 3.63) is 82.9 Å². The van der Waals surface area contributed by atoms with Gasteiger partial charge in [-0.15, -0.1) is 0 Å². The van der Waals surface area contributed by atoms with Gasteiger partial charge in [-0.1, -0.05) is 30.3 Å². The molecular formula is C22H17F3N2O. The molecule has 28 heavy (non-hydrogen) atoms. The summed E-state index contributed by atoms with van der Waals surface area (Å²) < 4.78 is 40.5. The highest BCUT2D eigenvalue weighted by Gasteiger charge is 2.30. The minimum atomic E-state index is -4.36. The van der Waals surface area contributed by atoms with Gasteiger partial charge in [0.15, 0.2) is 0 Å². The summed E-state index contributed by atoms with van der Waals surface area (Å²) in [4.78, 5) is 11.9. The number of amides is 1. The van der Waals surface area contributed by atoms with Crippen molar-refractivity contribution in [2.24, 2.45) is 5.73 Å². The Hall–Kier alpha value is -3.28. The summed E-state index contributed by atoms with van der Waals surface area (Å²) in [5.74, 6) is -0.514. The highest BCUT2D eigenvalue weighted by molar-refractivity contribution is 6.17. The van der Waals surface area contributed by atoms with Gasteiger partial charge in [-0.3, -0.25) is 4.79 Å². The Morgan fingerprint density at radius 1 is 1.00 bits per heavy atom. The van der Waals surface area contributed by atoms with Crippen LogP contribution in [0.15, 0.2) is 60.7 Å². The van der Waals surface area contributed by atoms with Crippen molar-refractivity contribution in [2.75, 3.05) is 0 Å². The van der Waals surface area contributed by atoms with Crippen molar-refractivity contribution in [3.8, 4) is 0 Å². The Morgan fingerprint density at radius 2 is 1.71 bits per heavy atom. The molecule has 0 aliphatic heterocycles. The summed E-state index contributed by atoms with van der Waals surface area (Å²) >= 11 is 0. The van der Waals surface area contributed by atoms with E-state index in [1.54, 1.807) is 12.1 Å². The Bertz CT molecular complexity index is 1200. The zero-order valence-corrected chi connectivity index (χ0v) is 15.0. The van der Waals surface area contributed by atoms with Crippen LogP contribution in [0.4, 0.5) is 13.2 Å². The number of hydrogen-bond acceptors (Lipinski definition) is 1. The van der Waals surface area contributed by atoms with Crippen LogP contribution in [-0.2, 0) is 12.7 Å². The first-order chi connectivity index (χ1) is 13.3. The molecule has 0 aliphatic rings. The first-order valence-electron chi connectivity index (χ1n) is 8.73. The molecule has 1 heterocycles. The van der Waals surface area contributed by atoms with Gasteiger partial charge in [0.2, 0.25) is 5.91 Å². The van der Waals surface area contributed by atoms with E-state index in [0.717, 1.165) is 45.1 Å². The molecule has 4 aromatic rings. The van der Waals surface area contributed by atoms with Gasteiger partial charge in [0.1, 0.15) is 0 Å². The lowest BCUT2D eigenvalue weighted by molar-refractivity contribution is -0.137. The molecular weight excluding hydrogens is 365 g/mol. The topological polar surface area (TPSA) is 48.0 Å². The van der Waals surface area contributed by atoms with Gasteiger partial charge in [0.25, 0.3) is 0 Å². The average molecular weight is 382 g/mol. The molecule has 4 rings (SSSR count). The summed E-state index contributed by atoms with van der Waals surface area (Å²) in [5, 5.41) is 1.65. The Morgan fingerprint density at radius 3 is 2.36 bits per heavy atom. The van der Waals surface area contributed by atoms with Gasteiger partial charge < -0.3 is 10.3 Å². The molecule has 1 amide bonds. The van der Waals surface area contributed by atoms with Crippen LogP contribution in [0, 0.1) is 6.92 Å². The van der Waals surface area contributed by atoms with Crippen LogP contribution in [0.3, 0.4) is 0 Å². The molecule has 0 spiro atoms. The second kappa shape index (κ2) is 6.41. The van der Waals surface area contributed by atoms with Crippen molar-refractivity contribution in [1.29, 1.82) is 0 Å². The number of nitrogens with two attached hydrogens (primary N) is 1. The standard InChI is InChI=1S/C22H17F3N2O/c1-13-5-10-16-19(11-13)27(18-4-2-3-17(20(16)18)21(26)28)12-14-6-8-15(9-7-14)22(23,24)25/h2-11H,12H2,1H3,(H2,26,28). The largest absolute Gasteiger partial charge is 0.416 e. The van der Waals surface area contributed by atoms with Crippen LogP contribution < -0.4 is 5.73 Å². The summed E-state index contributed by atoms with van der Waals surface area (Å²) in [6, 6.07) is 16.4. The molecule has 0 fully saturated rings. The fourth-order valence-corrected chi connectivity index (χ4v) is 3.61. The molecule has 2 N–H and O–H groups in total. The van der Waals surface area contributed by atoms with Crippen LogP contribution in [0.2, 0.25) is 0 Å². The average Bonchev–Trinajstić information content (AvgIpc) is 2.94. The van der Waals surface area contributed by atoms with Crippen LogP contribution >= 0.6 is 0 Å². The summed E-state index contributed by atoms with van der Waals surface area (Å²) in [5.41, 5.74) is 8.82. The Kier molecular flexibility index (Phi) is 4.14. The van der Waals surface area contributed by atoms with E-state index < -0.39 is 17.6 Å². The van der Waals surface area contributed by atoms with Crippen molar-refractivity contribution in [2.45, 2.75) is 19.6 Å². The predicted molar refractivity (Wildman–Crippen MR) is 103 cm³/mol. The third kappa shape index (κ3) is 3.01. The van der Waals surface area contributed by atoms with Crippen LogP contribution in [0.25, 0.3) is 21.8 Å². The number of aryl methyl sites for hydroxylation is 1. The van der Waals surface area contributed by atoms with Crippen molar-refractivity contribution >= 4 is 27.7 Å². The van der Waals surface area contributed by atoms with E-state index in [-0.39, 0.29) is 0 Å². The third-order valence-electron chi connectivity index (χ3n) is 4.93. The number of aromatic nitrogens is 1. The third-order valence-corrected chi connectivity index (χ3v) is 4.93. The predicted octanol–water partition coefficient (Wildman–Crippen LogP) is 5.27. The summed E-state index contributed by atoms with van der Waals surface area (Å²) in [6.07, 6.45) is -4.36. The molecule has 1 aromatic heterocycles. The Labute approximate surface area is 159 Å². The fourth-order valence-electron chi connectivity index (χ4n) is 3.61. The molecule has 0 radical (unpaired) electrons. The second-order valence-electron chi connectivity index (χ2n) is 6.87. The number of carbonyl (C=O) groups excluding carboxylic acids is 1.